The lowest BCUT2D eigenvalue weighted by atomic mass is 9.87. The van der Waals surface area contributed by atoms with Crippen LogP contribution < -0.4 is 11.1 Å². The Bertz CT molecular complexity index is 401. The molecule has 0 spiro atoms. The number of nitrogen functional groups attached to an aromatic ring is 1. The van der Waals surface area contributed by atoms with Crippen LogP contribution in [0.2, 0.25) is 10.0 Å². The summed E-state index contributed by atoms with van der Waals surface area (Å²) in [7, 11) is 0. The van der Waals surface area contributed by atoms with Crippen molar-refractivity contribution in [2.45, 2.75) is 38.5 Å². The molecule has 1 aromatic carbocycles. The Labute approximate surface area is 119 Å². The molecule has 1 aliphatic carbocycles. The van der Waals surface area contributed by atoms with Crippen molar-refractivity contribution in [3.63, 3.8) is 0 Å². The highest BCUT2D eigenvalue weighted by molar-refractivity contribution is 6.42. The molecule has 0 aliphatic heterocycles. The molecular weight excluding hydrogens is 267 g/mol. The molecule has 0 unspecified atom stereocenters. The molecule has 2 nitrogen and oxygen atoms in total. The van der Waals surface area contributed by atoms with Crippen LogP contribution in [-0.2, 0) is 0 Å². The lowest BCUT2D eigenvalue weighted by molar-refractivity contribution is 0.345. The van der Waals surface area contributed by atoms with Crippen LogP contribution in [0, 0.1) is 5.92 Å². The molecule has 1 fully saturated rings. The summed E-state index contributed by atoms with van der Waals surface area (Å²) in [6.45, 7) is 0.951. The molecule has 1 aromatic rings. The van der Waals surface area contributed by atoms with Gasteiger partial charge in [-0.25, -0.2) is 0 Å². The van der Waals surface area contributed by atoms with E-state index in [4.69, 9.17) is 28.9 Å². The molecule has 1 aliphatic rings. The number of nitrogens with two attached hydrogens (primary N) is 1. The Morgan fingerprint density at radius 3 is 2.50 bits per heavy atom. The molecule has 100 valence electrons. The summed E-state index contributed by atoms with van der Waals surface area (Å²) in [5.74, 6) is 0.871. The van der Waals surface area contributed by atoms with Gasteiger partial charge in [0.1, 0.15) is 0 Å². The number of anilines is 2. The number of benzene rings is 1. The fourth-order valence-corrected chi connectivity index (χ4v) is 2.94. The third kappa shape index (κ3) is 3.69. The predicted octanol–water partition coefficient (Wildman–Crippen LogP) is 4.96. The summed E-state index contributed by atoms with van der Waals surface area (Å²) < 4.78 is 0. The quantitative estimate of drug-likeness (QED) is 0.768. The summed E-state index contributed by atoms with van der Waals surface area (Å²) in [5.41, 5.74) is 7.45. The van der Waals surface area contributed by atoms with Crippen LogP contribution in [0.15, 0.2) is 12.1 Å². The lowest BCUT2D eigenvalue weighted by Crippen LogP contribution is -2.12. The van der Waals surface area contributed by atoms with Gasteiger partial charge in [0.15, 0.2) is 0 Å². The highest BCUT2D eigenvalue weighted by Gasteiger charge is 2.13. The van der Waals surface area contributed by atoms with Crippen LogP contribution in [0.4, 0.5) is 11.4 Å². The van der Waals surface area contributed by atoms with E-state index in [1.807, 2.05) is 0 Å². The summed E-state index contributed by atoms with van der Waals surface area (Å²) >= 11 is 11.9. The monoisotopic (exact) mass is 286 g/mol. The minimum absolute atomic E-state index is 0.506. The molecule has 0 amide bonds. The van der Waals surface area contributed by atoms with Crippen molar-refractivity contribution in [3.05, 3.63) is 22.2 Å². The van der Waals surface area contributed by atoms with Gasteiger partial charge in [0, 0.05) is 6.54 Å². The van der Waals surface area contributed by atoms with E-state index in [9.17, 15) is 0 Å². The van der Waals surface area contributed by atoms with Crippen molar-refractivity contribution >= 4 is 34.6 Å². The van der Waals surface area contributed by atoms with Gasteiger partial charge in [-0.3, -0.25) is 0 Å². The van der Waals surface area contributed by atoms with Crippen LogP contribution in [0.1, 0.15) is 38.5 Å². The van der Waals surface area contributed by atoms with E-state index in [0.717, 1.165) is 18.2 Å². The second-order valence-electron chi connectivity index (χ2n) is 5.07. The maximum absolute atomic E-state index is 5.99. The van der Waals surface area contributed by atoms with Gasteiger partial charge in [-0.2, -0.15) is 0 Å². The highest BCUT2D eigenvalue weighted by atomic mass is 35.5. The lowest BCUT2D eigenvalue weighted by Gasteiger charge is -2.22. The van der Waals surface area contributed by atoms with Crippen molar-refractivity contribution in [3.8, 4) is 0 Å². The second-order valence-corrected chi connectivity index (χ2v) is 5.89. The molecular formula is C14H20Cl2N2. The molecule has 4 heteroatoms. The third-order valence-electron chi connectivity index (χ3n) is 3.69. The first-order valence-corrected chi connectivity index (χ1v) is 7.41. The Kier molecular flexibility index (Phi) is 5.02. The number of hydrogen-bond acceptors (Lipinski definition) is 2. The van der Waals surface area contributed by atoms with Gasteiger partial charge in [-0.15, -0.1) is 0 Å². The molecule has 2 rings (SSSR count). The van der Waals surface area contributed by atoms with E-state index in [1.165, 1.54) is 38.5 Å². The standard InChI is InChI=1S/C14H20Cl2N2/c15-11-8-13(17)14(9-12(11)16)18-7-6-10-4-2-1-3-5-10/h8-10,18H,1-7,17H2. The van der Waals surface area contributed by atoms with Crippen LogP contribution in [-0.4, -0.2) is 6.54 Å². The first kappa shape index (κ1) is 13.8. The van der Waals surface area contributed by atoms with E-state index >= 15 is 0 Å². The zero-order valence-electron chi connectivity index (χ0n) is 10.5. The van der Waals surface area contributed by atoms with Crippen LogP contribution in [0.3, 0.4) is 0 Å². The Balaban J connectivity index is 1.84. The molecule has 0 radical (unpaired) electrons. The molecule has 0 atom stereocenters. The van der Waals surface area contributed by atoms with Gasteiger partial charge in [-0.05, 0) is 24.5 Å². The zero-order valence-corrected chi connectivity index (χ0v) is 12.0. The smallest absolute Gasteiger partial charge is 0.0614 e. The minimum Gasteiger partial charge on any atom is -0.397 e. The molecule has 3 N–H and O–H groups in total. The Hall–Kier alpha value is -0.600. The number of nitrogens with one attached hydrogen (secondary N) is 1. The molecule has 1 saturated carbocycles. The first-order valence-electron chi connectivity index (χ1n) is 6.65. The normalized spacial score (nSPS) is 16.8. The molecule has 0 aromatic heterocycles. The first-order chi connectivity index (χ1) is 8.66. The Morgan fingerprint density at radius 1 is 1.11 bits per heavy atom. The summed E-state index contributed by atoms with van der Waals surface area (Å²) in [6.07, 6.45) is 8.14. The number of halogens is 2. The van der Waals surface area contributed by atoms with Gasteiger partial charge in [0.05, 0.1) is 21.4 Å². The molecule has 18 heavy (non-hydrogen) atoms. The van der Waals surface area contributed by atoms with Crippen LogP contribution in [0.25, 0.3) is 0 Å². The number of rotatable bonds is 4. The average molecular weight is 287 g/mol. The fourth-order valence-electron chi connectivity index (χ4n) is 2.60. The third-order valence-corrected chi connectivity index (χ3v) is 4.41. The summed E-state index contributed by atoms with van der Waals surface area (Å²) in [6, 6.07) is 3.51. The second kappa shape index (κ2) is 6.53. The van der Waals surface area contributed by atoms with Crippen molar-refractivity contribution < 1.29 is 0 Å². The summed E-state index contributed by atoms with van der Waals surface area (Å²) in [5, 5.41) is 4.41. The SMILES string of the molecule is Nc1cc(Cl)c(Cl)cc1NCCC1CCCCC1. The van der Waals surface area contributed by atoms with Gasteiger partial charge in [0.2, 0.25) is 0 Å². The van der Waals surface area contributed by atoms with E-state index in [-0.39, 0.29) is 0 Å². The van der Waals surface area contributed by atoms with Crippen molar-refractivity contribution in [1.82, 2.24) is 0 Å². The van der Waals surface area contributed by atoms with Crippen molar-refractivity contribution in [2.24, 2.45) is 5.92 Å². The van der Waals surface area contributed by atoms with Crippen LogP contribution >= 0.6 is 23.2 Å². The van der Waals surface area contributed by atoms with Gasteiger partial charge in [-0.1, -0.05) is 55.3 Å². The average Bonchev–Trinajstić information content (AvgIpc) is 2.37. The largest absolute Gasteiger partial charge is 0.397 e. The molecule has 0 heterocycles. The van der Waals surface area contributed by atoms with E-state index in [2.05, 4.69) is 5.32 Å². The molecule has 0 bridgehead atoms. The number of hydrogen-bond donors (Lipinski definition) is 2. The van der Waals surface area contributed by atoms with Gasteiger partial charge < -0.3 is 11.1 Å². The maximum Gasteiger partial charge on any atom is 0.0614 e. The highest BCUT2D eigenvalue weighted by Crippen LogP contribution is 2.31. The fraction of sp³-hybridized carbons (Fsp3) is 0.571. The van der Waals surface area contributed by atoms with E-state index in [0.29, 0.717) is 15.7 Å². The Morgan fingerprint density at radius 2 is 1.78 bits per heavy atom. The van der Waals surface area contributed by atoms with E-state index < -0.39 is 0 Å². The molecule has 0 saturated heterocycles. The van der Waals surface area contributed by atoms with Gasteiger partial charge >= 0.3 is 0 Å². The van der Waals surface area contributed by atoms with Crippen molar-refractivity contribution in [1.29, 1.82) is 0 Å². The van der Waals surface area contributed by atoms with Gasteiger partial charge in [0.25, 0.3) is 0 Å². The summed E-state index contributed by atoms with van der Waals surface area (Å²) in [4.78, 5) is 0. The minimum atomic E-state index is 0.506. The zero-order chi connectivity index (χ0) is 13.0. The topological polar surface area (TPSA) is 38.0 Å². The predicted molar refractivity (Wildman–Crippen MR) is 80.6 cm³/mol. The van der Waals surface area contributed by atoms with Crippen molar-refractivity contribution in [2.75, 3.05) is 17.6 Å². The maximum atomic E-state index is 5.99. The van der Waals surface area contributed by atoms with E-state index in [1.54, 1.807) is 12.1 Å². The van der Waals surface area contributed by atoms with Crippen LogP contribution in [0.5, 0.6) is 0 Å².